The maximum absolute atomic E-state index is 14.2. The number of unbranched alkanes of at least 4 members (excludes halogenated alkanes) is 2. The Morgan fingerprint density at radius 3 is 2.50 bits per heavy atom. The van der Waals surface area contributed by atoms with E-state index in [1.807, 2.05) is 39.8 Å². The molecule has 1 fully saturated rings. The summed E-state index contributed by atoms with van der Waals surface area (Å²) in [7, 11) is 1.51. The second-order valence-corrected chi connectivity index (χ2v) is 16.1. The highest BCUT2D eigenvalue weighted by Gasteiger charge is 2.65. The van der Waals surface area contributed by atoms with Crippen molar-refractivity contribution in [1.29, 1.82) is 0 Å². The maximum Gasteiger partial charge on any atom is 0.410 e. The molecular weight excluding hydrogens is 718 g/mol. The van der Waals surface area contributed by atoms with Crippen molar-refractivity contribution in [3.63, 3.8) is 0 Å². The second-order valence-electron chi connectivity index (χ2n) is 16.1. The van der Waals surface area contributed by atoms with Crippen LogP contribution in [0.4, 0.5) is 10.5 Å². The van der Waals surface area contributed by atoms with Gasteiger partial charge in [0, 0.05) is 43.7 Å². The number of benzene rings is 2. The van der Waals surface area contributed by atoms with Crippen LogP contribution in [-0.2, 0) is 14.3 Å². The first-order valence-corrected chi connectivity index (χ1v) is 19.9. The van der Waals surface area contributed by atoms with Crippen LogP contribution in [0.15, 0.2) is 71.9 Å². The molecule has 0 bridgehead atoms. The van der Waals surface area contributed by atoms with Crippen LogP contribution < -0.4 is 9.47 Å². The molecule has 2 aromatic rings. The van der Waals surface area contributed by atoms with Gasteiger partial charge in [0.05, 0.1) is 35.8 Å². The van der Waals surface area contributed by atoms with Crippen molar-refractivity contribution in [2.45, 2.75) is 96.8 Å². The van der Waals surface area contributed by atoms with Gasteiger partial charge < -0.3 is 34.0 Å². The average Bonchev–Trinajstić information content (AvgIpc) is 3.17. The summed E-state index contributed by atoms with van der Waals surface area (Å²) in [6.07, 6.45) is 8.86. The molecule has 1 saturated carbocycles. The maximum atomic E-state index is 14.2. The third-order valence-corrected chi connectivity index (χ3v) is 10.8. The Hall–Kier alpha value is -4.46. The molecule has 6 atom stereocenters. The number of oxime groups is 1. The fourth-order valence-corrected chi connectivity index (χ4v) is 8.60. The number of fused-ring (bicyclic) bond motifs is 2. The van der Waals surface area contributed by atoms with Gasteiger partial charge >= 0.3 is 6.09 Å². The first kappa shape index (κ1) is 42.7. The fourth-order valence-electron chi connectivity index (χ4n) is 8.60. The highest BCUT2D eigenvalue weighted by Crippen LogP contribution is 2.62. The topological polar surface area (TPSA) is 162 Å². The lowest BCUT2D eigenvalue weighted by Gasteiger charge is -2.60. The predicted octanol–water partition coefficient (Wildman–Crippen LogP) is 8.55. The van der Waals surface area contributed by atoms with E-state index < -0.39 is 28.8 Å². The molecule has 2 aliphatic carbocycles. The Morgan fingerprint density at radius 2 is 1.84 bits per heavy atom. The first-order valence-electron chi connectivity index (χ1n) is 19.9. The molecular formula is C43H59N3O10. The zero-order chi connectivity index (χ0) is 40.5. The summed E-state index contributed by atoms with van der Waals surface area (Å²) in [6.45, 7) is 12.9. The summed E-state index contributed by atoms with van der Waals surface area (Å²) in [6, 6.07) is 10.9. The summed E-state index contributed by atoms with van der Waals surface area (Å²) in [5.41, 5.74) is 2.13. The summed E-state index contributed by atoms with van der Waals surface area (Å²) < 4.78 is 26.4. The molecule has 56 heavy (non-hydrogen) atoms. The van der Waals surface area contributed by atoms with Crippen molar-refractivity contribution in [1.82, 2.24) is 4.90 Å². The number of hydrogen-bond acceptors (Lipinski definition) is 11. The number of aliphatic hydroxyl groups excluding tert-OH is 2. The quantitative estimate of drug-likeness (QED) is 0.0612. The first-order chi connectivity index (χ1) is 26.9. The predicted molar refractivity (Wildman–Crippen MR) is 213 cm³/mol. The van der Waals surface area contributed by atoms with E-state index in [9.17, 15) is 25.1 Å². The van der Waals surface area contributed by atoms with Crippen LogP contribution in [0.3, 0.4) is 0 Å². The van der Waals surface area contributed by atoms with Gasteiger partial charge in [-0.15, -0.1) is 6.58 Å². The standard InChI is InChI=1S/C43H59N3O10/c1-7-20-45(41(49)53-28-42(3,4)5)38-27-36(44-52-6)34-24-29(14-9-11-21-47)33(17-10-12-22-48)39-35-26-32(55-31-16-13-15-30(25-31)46(50)51)18-19-37(35)56-43(38,40(34)39)54-23-8-2/h8,13,15-16,18-19,24-26,29,33,38-40,47-48H,2,7,9-12,14,17,20-23,27-28H2,1,3-6H3/t29-,33+,38-,39+,40+,43+/m0/s1. The molecule has 5 rings (SSSR count). The van der Waals surface area contributed by atoms with E-state index in [1.54, 1.807) is 29.2 Å². The summed E-state index contributed by atoms with van der Waals surface area (Å²) >= 11 is 0. The molecule has 13 heteroatoms. The van der Waals surface area contributed by atoms with Crippen molar-refractivity contribution < 1.29 is 43.7 Å². The fraction of sp³-hybridized carbons (Fsp3) is 0.581. The number of hydrogen-bond donors (Lipinski definition) is 2. The Bertz CT molecular complexity index is 1740. The minimum atomic E-state index is -1.41. The number of ether oxygens (including phenoxy) is 4. The number of aliphatic hydroxyl groups is 2. The van der Waals surface area contributed by atoms with Crippen LogP contribution in [0.1, 0.15) is 90.5 Å². The molecule has 1 amide bonds. The van der Waals surface area contributed by atoms with Crippen molar-refractivity contribution in [3.8, 4) is 17.2 Å². The molecule has 0 radical (unpaired) electrons. The highest BCUT2D eigenvalue weighted by molar-refractivity contribution is 6.03. The van der Waals surface area contributed by atoms with E-state index in [2.05, 4.69) is 17.8 Å². The van der Waals surface area contributed by atoms with Crippen molar-refractivity contribution in [3.05, 3.63) is 82.4 Å². The molecule has 306 valence electrons. The lowest BCUT2D eigenvalue weighted by Crippen LogP contribution is -2.70. The second kappa shape index (κ2) is 19.1. The van der Waals surface area contributed by atoms with E-state index >= 15 is 0 Å². The van der Waals surface area contributed by atoms with Gasteiger partial charge in [0.25, 0.3) is 5.69 Å². The number of non-ortho nitro benzene ring substituents is 1. The number of allylic oxidation sites excluding steroid dienone is 1. The van der Waals surface area contributed by atoms with Gasteiger partial charge in [0.1, 0.15) is 30.4 Å². The van der Waals surface area contributed by atoms with E-state index in [0.717, 1.165) is 36.8 Å². The van der Waals surface area contributed by atoms with Crippen LogP contribution in [0.5, 0.6) is 17.2 Å². The number of nitrogens with zero attached hydrogens (tertiary/aromatic N) is 3. The Morgan fingerprint density at radius 1 is 1.11 bits per heavy atom. The third-order valence-electron chi connectivity index (χ3n) is 10.8. The zero-order valence-electron chi connectivity index (χ0n) is 33.5. The molecule has 0 saturated heterocycles. The lowest BCUT2D eigenvalue weighted by molar-refractivity contribution is -0.384. The van der Waals surface area contributed by atoms with Crippen LogP contribution in [0.25, 0.3) is 0 Å². The lowest BCUT2D eigenvalue weighted by atomic mass is 9.55. The number of amides is 1. The van der Waals surface area contributed by atoms with Gasteiger partial charge in [-0.3, -0.25) is 15.0 Å². The molecule has 1 heterocycles. The molecule has 1 aliphatic heterocycles. The van der Waals surface area contributed by atoms with E-state index in [-0.39, 0.29) is 61.7 Å². The van der Waals surface area contributed by atoms with Gasteiger partial charge in [-0.1, -0.05) is 63.9 Å². The van der Waals surface area contributed by atoms with Gasteiger partial charge in [-0.2, -0.15) is 0 Å². The van der Waals surface area contributed by atoms with Gasteiger partial charge in [0.2, 0.25) is 5.79 Å². The summed E-state index contributed by atoms with van der Waals surface area (Å²) in [4.78, 5) is 32.6. The largest absolute Gasteiger partial charge is 0.459 e. The SMILES string of the molecule is C=CCO[C@@]12Oc3ccc(Oc4cccc([N+](=O)[O-])c4)cc3[C@H]3[C@H](CCCCO)[C@@H](CCCCO)C=C(C(=NOC)C[C@@H]1N(CCC)C(=O)OCC(C)(C)C)[C@H]32. The smallest absolute Gasteiger partial charge is 0.410 e. The van der Waals surface area contributed by atoms with Crippen molar-refractivity contribution in [2.75, 3.05) is 40.1 Å². The van der Waals surface area contributed by atoms with E-state index in [0.29, 0.717) is 48.8 Å². The van der Waals surface area contributed by atoms with Crippen LogP contribution in [0.2, 0.25) is 0 Å². The van der Waals surface area contributed by atoms with Crippen molar-refractivity contribution >= 4 is 17.5 Å². The number of nitro benzene ring substituents is 1. The molecule has 13 nitrogen and oxygen atoms in total. The molecule has 2 N–H and O–H groups in total. The summed E-state index contributed by atoms with van der Waals surface area (Å²) in [5.74, 6) is -0.705. The molecule has 0 unspecified atom stereocenters. The van der Waals surface area contributed by atoms with Crippen LogP contribution >= 0.6 is 0 Å². The number of carbonyl (C=O) groups is 1. The van der Waals surface area contributed by atoms with E-state index in [1.165, 1.54) is 19.2 Å². The minimum Gasteiger partial charge on any atom is -0.459 e. The minimum absolute atomic E-state index is 0.0198. The van der Waals surface area contributed by atoms with Crippen LogP contribution in [-0.4, -0.2) is 83.8 Å². The Balaban J connectivity index is 1.75. The molecule has 0 aromatic heterocycles. The molecule has 3 aliphatic rings. The molecule has 2 aromatic carbocycles. The normalized spacial score (nSPS) is 24.6. The highest BCUT2D eigenvalue weighted by atomic mass is 16.7. The van der Waals surface area contributed by atoms with Gasteiger partial charge in [0.15, 0.2) is 0 Å². The average molecular weight is 778 g/mol. The van der Waals surface area contributed by atoms with E-state index in [4.69, 9.17) is 23.8 Å². The monoisotopic (exact) mass is 777 g/mol. The van der Waals surface area contributed by atoms with Crippen molar-refractivity contribution in [2.24, 2.45) is 28.3 Å². The number of rotatable bonds is 19. The number of nitro groups is 1. The van der Waals surface area contributed by atoms with Gasteiger partial charge in [-0.25, -0.2) is 4.79 Å². The van der Waals surface area contributed by atoms with Crippen LogP contribution in [0, 0.1) is 33.3 Å². The molecule has 0 spiro atoms. The van der Waals surface area contributed by atoms with Gasteiger partial charge in [-0.05, 0) is 79.2 Å². The third kappa shape index (κ3) is 9.55. The Labute approximate surface area is 330 Å². The summed E-state index contributed by atoms with van der Waals surface area (Å²) in [5, 5.41) is 35.8. The Kier molecular flexibility index (Phi) is 14.6. The zero-order valence-corrected chi connectivity index (χ0v) is 33.5. The number of carbonyl (C=O) groups excluding carboxylic acids is 1.